The first-order chi connectivity index (χ1) is 9.86. The molecule has 2 fully saturated rings. The first-order valence-electron chi connectivity index (χ1n) is 8.01. The summed E-state index contributed by atoms with van der Waals surface area (Å²) in [6, 6.07) is 0.367. The van der Waals surface area contributed by atoms with Gasteiger partial charge in [0.15, 0.2) is 0 Å². The fourth-order valence-electron chi connectivity index (χ4n) is 3.83. The van der Waals surface area contributed by atoms with Crippen LogP contribution in [0, 0.1) is 5.92 Å². The normalized spacial score (nSPS) is 32.0. The minimum absolute atomic E-state index is 0.185. The predicted molar refractivity (Wildman–Crippen MR) is 82.1 cm³/mol. The van der Waals surface area contributed by atoms with Gasteiger partial charge in [-0.2, -0.15) is 0 Å². The third-order valence-corrected chi connectivity index (χ3v) is 6.68. The van der Waals surface area contributed by atoms with E-state index >= 15 is 0 Å². The Balaban J connectivity index is 1.90. The Labute approximate surface area is 127 Å². The molecule has 1 heterocycles. The maximum absolute atomic E-state index is 11.8. The van der Waals surface area contributed by atoms with E-state index in [0.29, 0.717) is 12.0 Å². The Morgan fingerprint density at radius 3 is 2.67 bits per heavy atom. The molecular weight excluding hydrogens is 290 g/mol. The van der Waals surface area contributed by atoms with Crippen LogP contribution in [0.2, 0.25) is 0 Å². The van der Waals surface area contributed by atoms with Gasteiger partial charge in [-0.15, -0.1) is 0 Å². The molecule has 3 atom stereocenters. The second-order valence-electron chi connectivity index (χ2n) is 6.71. The molecule has 21 heavy (non-hydrogen) atoms. The van der Waals surface area contributed by atoms with Crippen molar-refractivity contribution < 1.29 is 18.3 Å². The number of likely N-dealkylation sites (tertiary alicyclic amines) is 1. The fraction of sp³-hybridized carbons (Fsp3) is 0.933. The molecule has 0 aromatic heterocycles. The van der Waals surface area contributed by atoms with Crippen LogP contribution in [0.25, 0.3) is 0 Å². The first-order valence-corrected chi connectivity index (χ1v) is 9.96. The van der Waals surface area contributed by atoms with Crippen LogP contribution in [0.15, 0.2) is 0 Å². The molecule has 1 aliphatic heterocycles. The van der Waals surface area contributed by atoms with Crippen molar-refractivity contribution in [2.45, 2.75) is 62.7 Å². The molecule has 2 rings (SSSR count). The lowest BCUT2D eigenvalue weighted by atomic mass is 9.88. The molecule has 3 unspecified atom stereocenters. The lowest BCUT2D eigenvalue weighted by molar-refractivity contribution is -0.137. The van der Waals surface area contributed by atoms with Crippen molar-refractivity contribution in [3.63, 3.8) is 0 Å². The smallest absolute Gasteiger partial charge is 0.303 e. The molecule has 0 radical (unpaired) electrons. The van der Waals surface area contributed by atoms with Crippen molar-refractivity contribution in [2.75, 3.05) is 19.3 Å². The fourth-order valence-corrected chi connectivity index (χ4v) is 5.00. The van der Waals surface area contributed by atoms with Gasteiger partial charge in [0.25, 0.3) is 0 Å². The molecule has 0 bridgehead atoms. The Morgan fingerprint density at radius 2 is 2.00 bits per heavy atom. The predicted octanol–water partition coefficient (Wildman–Crippen LogP) is 1.92. The summed E-state index contributed by atoms with van der Waals surface area (Å²) in [6.45, 7) is 1.97. The van der Waals surface area contributed by atoms with Crippen molar-refractivity contribution in [3.05, 3.63) is 0 Å². The number of carboxylic acid groups (broad SMARTS) is 1. The van der Waals surface area contributed by atoms with Crippen molar-refractivity contribution in [2.24, 2.45) is 5.92 Å². The third kappa shape index (κ3) is 4.95. The van der Waals surface area contributed by atoms with Crippen molar-refractivity contribution >= 4 is 15.8 Å². The van der Waals surface area contributed by atoms with Gasteiger partial charge in [0.05, 0.1) is 5.25 Å². The van der Waals surface area contributed by atoms with Crippen LogP contribution in [0.3, 0.4) is 0 Å². The SMILES string of the molecule is CS(=O)(=O)C1CCCC(N2CCCC(CCC(=O)O)C2)C1. The molecule has 0 amide bonds. The maximum Gasteiger partial charge on any atom is 0.303 e. The average molecular weight is 317 g/mol. The lowest BCUT2D eigenvalue weighted by Crippen LogP contribution is -2.46. The van der Waals surface area contributed by atoms with E-state index in [9.17, 15) is 13.2 Å². The summed E-state index contributed by atoms with van der Waals surface area (Å²) in [5, 5.41) is 8.62. The lowest BCUT2D eigenvalue weighted by Gasteiger charge is -2.41. The van der Waals surface area contributed by atoms with Crippen molar-refractivity contribution in [1.29, 1.82) is 0 Å². The minimum Gasteiger partial charge on any atom is -0.481 e. The molecule has 1 saturated heterocycles. The summed E-state index contributed by atoms with van der Waals surface area (Å²) >= 11 is 0. The number of rotatable bonds is 5. The van der Waals surface area contributed by atoms with Crippen LogP contribution in [-0.2, 0) is 14.6 Å². The zero-order chi connectivity index (χ0) is 15.5. The zero-order valence-corrected chi connectivity index (χ0v) is 13.6. The summed E-state index contributed by atoms with van der Waals surface area (Å²) in [5.41, 5.74) is 0. The van der Waals surface area contributed by atoms with E-state index in [1.165, 1.54) is 6.26 Å². The van der Waals surface area contributed by atoms with Crippen LogP contribution >= 0.6 is 0 Å². The molecule has 6 heteroatoms. The summed E-state index contributed by atoms with van der Waals surface area (Å²) in [5.74, 6) is -0.268. The number of carboxylic acids is 1. The highest BCUT2D eigenvalue weighted by molar-refractivity contribution is 7.91. The Bertz CT molecular complexity index is 462. The highest BCUT2D eigenvalue weighted by Gasteiger charge is 2.33. The Kier molecular flexibility index (Phi) is 5.66. The van der Waals surface area contributed by atoms with Gasteiger partial charge in [0, 0.05) is 25.3 Å². The number of carbonyl (C=O) groups is 1. The van der Waals surface area contributed by atoms with Crippen LogP contribution < -0.4 is 0 Å². The third-order valence-electron chi connectivity index (χ3n) is 5.04. The first kappa shape index (κ1) is 16.7. The van der Waals surface area contributed by atoms with Gasteiger partial charge >= 0.3 is 5.97 Å². The molecule has 5 nitrogen and oxygen atoms in total. The highest BCUT2D eigenvalue weighted by atomic mass is 32.2. The minimum atomic E-state index is -2.94. The van der Waals surface area contributed by atoms with E-state index in [4.69, 9.17) is 5.11 Å². The van der Waals surface area contributed by atoms with Gasteiger partial charge in [0.1, 0.15) is 9.84 Å². The van der Waals surface area contributed by atoms with Gasteiger partial charge in [-0.25, -0.2) is 8.42 Å². The van der Waals surface area contributed by atoms with Gasteiger partial charge in [-0.3, -0.25) is 4.79 Å². The van der Waals surface area contributed by atoms with Crippen molar-refractivity contribution in [3.8, 4) is 0 Å². The van der Waals surface area contributed by atoms with E-state index in [1.54, 1.807) is 0 Å². The van der Waals surface area contributed by atoms with Gasteiger partial charge in [0.2, 0.25) is 0 Å². The molecule has 122 valence electrons. The van der Waals surface area contributed by atoms with E-state index in [-0.39, 0.29) is 11.7 Å². The second-order valence-corrected chi connectivity index (χ2v) is 9.03. The monoisotopic (exact) mass is 317 g/mol. The summed E-state index contributed by atoms with van der Waals surface area (Å²) in [6.07, 6.45) is 8.16. The molecule has 0 aromatic rings. The number of aliphatic carboxylic acids is 1. The number of nitrogens with zero attached hydrogens (tertiary/aromatic N) is 1. The second kappa shape index (κ2) is 7.09. The van der Waals surface area contributed by atoms with Crippen LogP contribution in [0.1, 0.15) is 51.4 Å². The highest BCUT2D eigenvalue weighted by Crippen LogP contribution is 2.31. The van der Waals surface area contributed by atoms with E-state index < -0.39 is 15.8 Å². The van der Waals surface area contributed by atoms with Gasteiger partial charge in [-0.1, -0.05) is 6.42 Å². The molecule has 0 aromatic carbocycles. The molecule has 0 spiro atoms. The van der Waals surface area contributed by atoms with Gasteiger partial charge in [-0.05, 0) is 51.0 Å². The van der Waals surface area contributed by atoms with E-state index in [2.05, 4.69) is 4.90 Å². The summed E-state index contributed by atoms with van der Waals surface area (Å²) < 4.78 is 23.5. The van der Waals surface area contributed by atoms with Crippen LogP contribution in [0.5, 0.6) is 0 Å². The van der Waals surface area contributed by atoms with E-state index in [0.717, 1.165) is 58.0 Å². The standard InChI is InChI=1S/C15H27NO4S/c1-21(19,20)14-6-2-5-13(10-14)16-9-3-4-12(11-16)7-8-15(17)18/h12-14H,2-11H2,1H3,(H,17,18). The number of hydrogen-bond donors (Lipinski definition) is 1. The summed E-state index contributed by atoms with van der Waals surface area (Å²) in [4.78, 5) is 13.1. The average Bonchev–Trinajstić information content (AvgIpc) is 2.45. The molecular formula is C15H27NO4S. The van der Waals surface area contributed by atoms with E-state index in [1.807, 2.05) is 0 Å². The van der Waals surface area contributed by atoms with Crippen LogP contribution in [-0.4, -0.2) is 55.0 Å². The molecule has 1 N–H and O–H groups in total. The Morgan fingerprint density at radius 1 is 1.24 bits per heavy atom. The topological polar surface area (TPSA) is 74.7 Å². The Hall–Kier alpha value is -0.620. The molecule has 1 saturated carbocycles. The summed E-state index contributed by atoms with van der Waals surface area (Å²) in [7, 11) is -2.94. The number of hydrogen-bond acceptors (Lipinski definition) is 4. The van der Waals surface area contributed by atoms with Crippen molar-refractivity contribution in [1.82, 2.24) is 4.90 Å². The van der Waals surface area contributed by atoms with Gasteiger partial charge < -0.3 is 10.0 Å². The molecule has 1 aliphatic carbocycles. The zero-order valence-electron chi connectivity index (χ0n) is 12.8. The maximum atomic E-state index is 11.8. The number of sulfone groups is 1. The quantitative estimate of drug-likeness (QED) is 0.838. The number of piperidine rings is 1. The van der Waals surface area contributed by atoms with Crippen LogP contribution in [0.4, 0.5) is 0 Å². The largest absolute Gasteiger partial charge is 0.481 e. The molecule has 2 aliphatic rings.